The maximum atomic E-state index is 6.26. The van der Waals surface area contributed by atoms with Crippen LogP contribution in [0.3, 0.4) is 0 Å². The lowest BCUT2D eigenvalue weighted by Crippen LogP contribution is -2.46. The van der Waals surface area contributed by atoms with E-state index in [2.05, 4.69) is 31.9 Å². The monoisotopic (exact) mass is 395 g/mol. The molecule has 3 heterocycles. The number of rotatable bonds is 4. The normalized spacial score (nSPS) is 20.9. The molecule has 1 saturated heterocycles. The van der Waals surface area contributed by atoms with Crippen LogP contribution in [0.15, 0.2) is 24.4 Å². The van der Waals surface area contributed by atoms with Crippen LogP contribution in [0.25, 0.3) is 0 Å². The van der Waals surface area contributed by atoms with Crippen molar-refractivity contribution in [3.63, 3.8) is 0 Å². The number of hydrogen-bond donors (Lipinski definition) is 1. The van der Waals surface area contributed by atoms with Crippen LogP contribution in [0.4, 0.5) is 5.69 Å². The van der Waals surface area contributed by atoms with Gasteiger partial charge in [-0.05, 0) is 18.2 Å². The number of methoxy groups -OCH3 is 1. The second-order valence-electron chi connectivity index (χ2n) is 6.73. The Balaban J connectivity index is 1.35. The number of nitrogens with one attached hydrogen (secondary N) is 1. The summed E-state index contributed by atoms with van der Waals surface area (Å²) in [7, 11) is 1.64. The molecule has 6 nitrogen and oxygen atoms in total. The van der Waals surface area contributed by atoms with E-state index in [-0.39, 0.29) is 5.50 Å². The summed E-state index contributed by atoms with van der Waals surface area (Å²) in [5, 5.41) is 3.89. The molecule has 1 fully saturated rings. The minimum atomic E-state index is -0.00980. The summed E-state index contributed by atoms with van der Waals surface area (Å²) in [6.07, 6.45) is 2.14. The highest BCUT2D eigenvalue weighted by Gasteiger charge is 2.21. The first kappa shape index (κ1) is 17.9. The van der Waals surface area contributed by atoms with E-state index in [0.717, 1.165) is 63.0 Å². The molecule has 1 aromatic heterocycles. The van der Waals surface area contributed by atoms with Crippen molar-refractivity contribution in [2.45, 2.75) is 25.1 Å². The number of fused-ring (bicyclic) bond motifs is 1. The fourth-order valence-corrected chi connectivity index (χ4v) is 4.05. The number of alkyl halides is 1. The lowest BCUT2D eigenvalue weighted by Gasteiger charge is -2.36. The highest BCUT2D eigenvalue weighted by Crippen LogP contribution is 2.29. The molecule has 1 unspecified atom stereocenters. The first-order valence-corrected chi connectivity index (χ1v) is 9.67. The van der Waals surface area contributed by atoms with E-state index in [1.807, 2.05) is 12.1 Å². The van der Waals surface area contributed by atoms with Crippen LogP contribution >= 0.6 is 23.2 Å². The molecule has 1 N–H and O–H groups in total. The topological polar surface area (TPSA) is 45.6 Å². The summed E-state index contributed by atoms with van der Waals surface area (Å²) < 4.78 is 7.40. The van der Waals surface area contributed by atoms with E-state index in [0.29, 0.717) is 10.8 Å². The van der Waals surface area contributed by atoms with Gasteiger partial charge in [-0.25, -0.2) is 4.98 Å². The molecule has 26 heavy (non-hydrogen) atoms. The van der Waals surface area contributed by atoms with Gasteiger partial charge in [0, 0.05) is 44.6 Å². The Kier molecular flexibility index (Phi) is 5.27. The van der Waals surface area contributed by atoms with Crippen molar-refractivity contribution in [1.82, 2.24) is 19.8 Å². The van der Waals surface area contributed by atoms with Gasteiger partial charge in [-0.15, -0.1) is 11.6 Å². The fraction of sp³-hybridized carbons (Fsp3) is 0.500. The van der Waals surface area contributed by atoms with Gasteiger partial charge in [-0.1, -0.05) is 11.6 Å². The van der Waals surface area contributed by atoms with Crippen molar-refractivity contribution in [3.05, 3.63) is 40.9 Å². The average molecular weight is 396 g/mol. The van der Waals surface area contributed by atoms with Gasteiger partial charge >= 0.3 is 0 Å². The molecule has 1 aromatic carbocycles. The number of halogens is 2. The molecular weight excluding hydrogens is 373 g/mol. The molecule has 0 radical (unpaired) electrons. The fourth-order valence-electron chi connectivity index (χ4n) is 3.57. The summed E-state index contributed by atoms with van der Waals surface area (Å²) in [4.78, 5) is 9.55. The van der Waals surface area contributed by atoms with Gasteiger partial charge in [-0.2, -0.15) is 0 Å². The minimum Gasteiger partial charge on any atom is -0.495 e. The number of piperazine rings is 1. The van der Waals surface area contributed by atoms with Crippen molar-refractivity contribution in [1.29, 1.82) is 0 Å². The van der Waals surface area contributed by atoms with E-state index in [1.165, 1.54) is 0 Å². The van der Waals surface area contributed by atoms with Gasteiger partial charge in [0.1, 0.15) is 17.1 Å². The number of imidazole rings is 1. The van der Waals surface area contributed by atoms with E-state index in [1.54, 1.807) is 7.11 Å². The van der Waals surface area contributed by atoms with Gasteiger partial charge in [0.25, 0.3) is 0 Å². The summed E-state index contributed by atoms with van der Waals surface area (Å²) in [5.41, 5.74) is 2.25. The summed E-state index contributed by atoms with van der Waals surface area (Å²) in [6.45, 7) is 6.34. The first-order chi connectivity index (χ1) is 12.6. The molecule has 0 spiro atoms. The smallest absolute Gasteiger partial charge is 0.137 e. The van der Waals surface area contributed by atoms with Crippen LogP contribution in [0.1, 0.15) is 11.5 Å². The van der Waals surface area contributed by atoms with Crippen LogP contribution in [0, 0.1) is 0 Å². The number of ether oxygens (including phenoxy) is 1. The van der Waals surface area contributed by atoms with Gasteiger partial charge < -0.3 is 14.2 Å². The maximum absolute atomic E-state index is 6.26. The van der Waals surface area contributed by atoms with E-state index >= 15 is 0 Å². The van der Waals surface area contributed by atoms with Gasteiger partial charge in [0.05, 0.1) is 30.9 Å². The zero-order valence-corrected chi connectivity index (χ0v) is 16.3. The second kappa shape index (κ2) is 7.64. The molecular formula is C18H23Cl2N5O. The van der Waals surface area contributed by atoms with Gasteiger partial charge in [-0.3, -0.25) is 10.2 Å². The number of hydrogen-bond acceptors (Lipinski definition) is 5. The van der Waals surface area contributed by atoms with Crippen molar-refractivity contribution in [3.8, 4) is 5.75 Å². The lowest BCUT2D eigenvalue weighted by molar-refractivity contribution is 0.247. The summed E-state index contributed by atoms with van der Waals surface area (Å²) >= 11 is 12.4. The van der Waals surface area contributed by atoms with E-state index < -0.39 is 0 Å². The van der Waals surface area contributed by atoms with Gasteiger partial charge in [0.15, 0.2) is 0 Å². The van der Waals surface area contributed by atoms with Crippen LogP contribution in [0.2, 0.25) is 5.02 Å². The third-order valence-corrected chi connectivity index (χ3v) is 5.59. The van der Waals surface area contributed by atoms with Crippen molar-refractivity contribution in [2.24, 2.45) is 0 Å². The molecule has 4 rings (SSSR count). The molecule has 0 amide bonds. The van der Waals surface area contributed by atoms with Crippen LogP contribution in [-0.2, 0) is 19.6 Å². The van der Waals surface area contributed by atoms with Crippen molar-refractivity contribution in [2.75, 3.05) is 38.2 Å². The average Bonchev–Trinajstić information content (AvgIpc) is 3.03. The Morgan fingerprint density at radius 1 is 1.27 bits per heavy atom. The Morgan fingerprint density at radius 2 is 2.08 bits per heavy atom. The highest BCUT2D eigenvalue weighted by molar-refractivity contribution is 6.32. The molecule has 8 heteroatoms. The highest BCUT2D eigenvalue weighted by atomic mass is 35.5. The SMILES string of the molecule is COc1ccc(N2CCN(Cc3cn4c(n3)CNC(Cl)C4)CC2)cc1Cl. The number of benzene rings is 1. The molecule has 0 saturated carbocycles. The van der Waals surface area contributed by atoms with E-state index in [9.17, 15) is 0 Å². The predicted molar refractivity (Wildman–Crippen MR) is 104 cm³/mol. The number of nitrogens with zero attached hydrogens (tertiary/aromatic N) is 4. The van der Waals surface area contributed by atoms with Crippen LogP contribution in [0.5, 0.6) is 5.75 Å². The Morgan fingerprint density at radius 3 is 2.81 bits per heavy atom. The molecule has 0 bridgehead atoms. The zero-order chi connectivity index (χ0) is 18.1. The number of aromatic nitrogens is 2. The standard InChI is InChI=1S/C18H23Cl2N5O/c1-26-16-3-2-14(8-15(16)19)24-6-4-23(5-7-24)10-13-11-25-12-17(20)21-9-18(25)22-13/h2-3,8,11,17,21H,4-7,9-10,12H2,1H3. The molecule has 2 aliphatic rings. The predicted octanol–water partition coefficient (Wildman–Crippen LogP) is 2.54. The molecule has 1 atom stereocenters. The summed E-state index contributed by atoms with van der Waals surface area (Å²) in [6, 6.07) is 5.98. The van der Waals surface area contributed by atoms with Crippen LogP contribution in [-0.4, -0.2) is 53.2 Å². The minimum absolute atomic E-state index is 0.00980. The number of anilines is 1. The largest absolute Gasteiger partial charge is 0.495 e. The van der Waals surface area contributed by atoms with Crippen molar-refractivity contribution < 1.29 is 4.74 Å². The molecule has 2 aromatic rings. The Bertz CT molecular complexity index is 773. The second-order valence-corrected chi connectivity index (χ2v) is 7.67. The summed E-state index contributed by atoms with van der Waals surface area (Å²) in [5.74, 6) is 1.79. The first-order valence-electron chi connectivity index (χ1n) is 8.85. The molecule has 2 aliphatic heterocycles. The maximum Gasteiger partial charge on any atom is 0.137 e. The lowest BCUT2D eigenvalue weighted by atomic mass is 10.2. The van der Waals surface area contributed by atoms with E-state index in [4.69, 9.17) is 32.9 Å². The van der Waals surface area contributed by atoms with Crippen LogP contribution < -0.4 is 15.0 Å². The molecule has 0 aliphatic carbocycles. The third-order valence-electron chi connectivity index (χ3n) is 5.01. The quantitative estimate of drug-likeness (QED) is 0.636. The zero-order valence-electron chi connectivity index (χ0n) is 14.8. The Labute approximate surface area is 163 Å². The Hall–Kier alpha value is -1.47. The third kappa shape index (κ3) is 3.78. The molecule has 140 valence electrons. The van der Waals surface area contributed by atoms with Crippen molar-refractivity contribution >= 4 is 28.9 Å². The van der Waals surface area contributed by atoms with Gasteiger partial charge in [0.2, 0.25) is 0 Å².